The normalized spacial score (nSPS) is 11.2. The van der Waals surface area contributed by atoms with Crippen molar-refractivity contribution in [3.63, 3.8) is 0 Å². The van der Waals surface area contributed by atoms with Crippen molar-refractivity contribution in [1.29, 1.82) is 0 Å². The quantitative estimate of drug-likeness (QED) is 0.578. The number of hydrogen-bond acceptors (Lipinski definition) is 3. The molecule has 0 heterocycles. The van der Waals surface area contributed by atoms with E-state index >= 15 is 0 Å². The summed E-state index contributed by atoms with van der Waals surface area (Å²) in [6.07, 6.45) is 1.35. The van der Waals surface area contributed by atoms with Gasteiger partial charge in [-0.05, 0) is 17.7 Å². The largest absolute Gasteiger partial charge is 0.399 e. The minimum absolute atomic E-state index is 0.0741. The van der Waals surface area contributed by atoms with Gasteiger partial charge >= 0.3 is 0 Å². The number of rotatable bonds is 5. The van der Waals surface area contributed by atoms with Crippen molar-refractivity contribution in [3.8, 4) is 0 Å². The van der Waals surface area contributed by atoms with E-state index in [1.807, 2.05) is 6.07 Å². The van der Waals surface area contributed by atoms with Crippen LogP contribution in [-0.2, 0) is 16.6 Å². The molecule has 1 aromatic rings. The first-order valence-electron chi connectivity index (χ1n) is 4.46. The lowest BCUT2D eigenvalue weighted by Crippen LogP contribution is -2.25. The lowest BCUT2D eigenvalue weighted by atomic mass is 10.2. The maximum absolute atomic E-state index is 11.3. The van der Waals surface area contributed by atoms with E-state index in [4.69, 9.17) is 5.73 Å². The number of nitrogen functional groups attached to an aromatic ring is 1. The number of benzene rings is 1. The molecule has 0 aliphatic rings. The smallest absolute Gasteiger partial charge is 0.215 e. The fraction of sp³-hybridized carbons (Fsp3) is 0.200. The Morgan fingerprint density at radius 1 is 1.47 bits per heavy atom. The highest BCUT2D eigenvalue weighted by Crippen LogP contribution is 2.06. The van der Waals surface area contributed by atoms with Gasteiger partial charge in [0, 0.05) is 12.2 Å². The summed E-state index contributed by atoms with van der Waals surface area (Å²) in [7, 11) is -3.25. The number of anilines is 1. The Bertz CT molecular complexity index is 440. The van der Waals surface area contributed by atoms with Crippen LogP contribution in [0.3, 0.4) is 0 Å². The molecule has 82 valence electrons. The van der Waals surface area contributed by atoms with Crippen molar-refractivity contribution in [1.82, 2.24) is 4.72 Å². The van der Waals surface area contributed by atoms with E-state index in [2.05, 4.69) is 11.3 Å². The molecular weight excluding hydrogens is 212 g/mol. The first-order valence-corrected chi connectivity index (χ1v) is 6.11. The summed E-state index contributed by atoms with van der Waals surface area (Å²) in [5.41, 5.74) is 7.02. The predicted molar refractivity (Wildman–Crippen MR) is 61.7 cm³/mol. The van der Waals surface area contributed by atoms with Gasteiger partial charge in [0.05, 0.1) is 5.75 Å². The second kappa shape index (κ2) is 4.95. The molecule has 0 atom stereocenters. The number of nitrogens with two attached hydrogens (primary N) is 1. The first kappa shape index (κ1) is 11.7. The van der Waals surface area contributed by atoms with E-state index in [9.17, 15) is 8.42 Å². The van der Waals surface area contributed by atoms with Crippen LogP contribution in [0.25, 0.3) is 0 Å². The lowest BCUT2D eigenvalue weighted by Gasteiger charge is -2.05. The third-order valence-electron chi connectivity index (χ3n) is 1.78. The summed E-state index contributed by atoms with van der Waals surface area (Å²) in [5, 5.41) is 0. The fourth-order valence-electron chi connectivity index (χ4n) is 1.11. The zero-order valence-electron chi connectivity index (χ0n) is 8.31. The topological polar surface area (TPSA) is 72.2 Å². The third kappa shape index (κ3) is 4.14. The Hall–Kier alpha value is -1.33. The summed E-state index contributed by atoms with van der Waals surface area (Å²) in [6.45, 7) is 3.63. The molecule has 0 aliphatic carbocycles. The molecule has 0 spiro atoms. The van der Waals surface area contributed by atoms with E-state index in [0.717, 1.165) is 5.56 Å². The minimum Gasteiger partial charge on any atom is -0.399 e. The summed E-state index contributed by atoms with van der Waals surface area (Å²) >= 11 is 0. The molecular formula is C10H14N2O2S. The predicted octanol–water partition coefficient (Wildman–Crippen LogP) is 0.874. The standard InChI is InChI=1S/C10H14N2O2S/c1-2-6-15(13,14)12-8-9-4-3-5-10(11)7-9/h2-5,7,12H,1,6,8,11H2. The lowest BCUT2D eigenvalue weighted by molar-refractivity contribution is 0.584. The first-order chi connectivity index (χ1) is 7.03. The van der Waals surface area contributed by atoms with Gasteiger partial charge in [-0.1, -0.05) is 18.2 Å². The van der Waals surface area contributed by atoms with Crippen LogP contribution in [0.2, 0.25) is 0 Å². The summed E-state index contributed by atoms with van der Waals surface area (Å²) in [5.74, 6) is -0.0741. The Balaban J connectivity index is 2.61. The van der Waals surface area contributed by atoms with Crippen molar-refractivity contribution < 1.29 is 8.42 Å². The minimum atomic E-state index is -3.25. The molecule has 0 unspecified atom stereocenters. The van der Waals surface area contributed by atoms with E-state index in [1.54, 1.807) is 18.2 Å². The molecule has 0 saturated heterocycles. The van der Waals surface area contributed by atoms with Crippen molar-refractivity contribution in [2.75, 3.05) is 11.5 Å². The van der Waals surface area contributed by atoms with Gasteiger partial charge in [0.25, 0.3) is 0 Å². The monoisotopic (exact) mass is 226 g/mol. The Morgan fingerprint density at radius 2 is 2.20 bits per heavy atom. The van der Waals surface area contributed by atoms with Gasteiger partial charge in [-0.15, -0.1) is 6.58 Å². The molecule has 3 N–H and O–H groups in total. The fourth-order valence-corrected chi connectivity index (χ4v) is 1.93. The van der Waals surface area contributed by atoms with E-state index in [0.29, 0.717) is 5.69 Å². The van der Waals surface area contributed by atoms with Crippen LogP contribution in [-0.4, -0.2) is 14.2 Å². The van der Waals surface area contributed by atoms with Gasteiger partial charge in [0.15, 0.2) is 0 Å². The molecule has 1 aromatic carbocycles. The second-order valence-electron chi connectivity index (χ2n) is 3.14. The molecule has 0 amide bonds. The molecule has 0 fully saturated rings. The maximum Gasteiger partial charge on any atom is 0.215 e. The van der Waals surface area contributed by atoms with Crippen LogP contribution in [0.1, 0.15) is 5.56 Å². The van der Waals surface area contributed by atoms with Crippen LogP contribution in [0.5, 0.6) is 0 Å². The molecule has 0 bridgehead atoms. The Morgan fingerprint density at radius 3 is 2.80 bits per heavy atom. The van der Waals surface area contributed by atoms with E-state index in [-0.39, 0.29) is 12.3 Å². The van der Waals surface area contributed by atoms with Crippen LogP contribution >= 0.6 is 0 Å². The average Bonchev–Trinajstić information content (AvgIpc) is 2.15. The van der Waals surface area contributed by atoms with Gasteiger partial charge < -0.3 is 5.73 Å². The van der Waals surface area contributed by atoms with Crippen molar-refractivity contribution in [3.05, 3.63) is 42.5 Å². The summed E-state index contributed by atoms with van der Waals surface area (Å²) in [6, 6.07) is 7.08. The molecule has 0 aromatic heterocycles. The van der Waals surface area contributed by atoms with E-state index < -0.39 is 10.0 Å². The second-order valence-corrected chi connectivity index (χ2v) is 4.99. The maximum atomic E-state index is 11.3. The SMILES string of the molecule is C=CCS(=O)(=O)NCc1cccc(N)c1. The number of nitrogens with one attached hydrogen (secondary N) is 1. The van der Waals surface area contributed by atoms with Gasteiger partial charge in [-0.3, -0.25) is 0 Å². The molecule has 0 radical (unpaired) electrons. The van der Waals surface area contributed by atoms with Crippen LogP contribution in [0.4, 0.5) is 5.69 Å². The van der Waals surface area contributed by atoms with Gasteiger partial charge in [0.2, 0.25) is 10.0 Å². The zero-order chi connectivity index (χ0) is 11.3. The summed E-state index contributed by atoms with van der Waals surface area (Å²) in [4.78, 5) is 0. The molecule has 1 rings (SSSR count). The highest BCUT2D eigenvalue weighted by Gasteiger charge is 2.06. The highest BCUT2D eigenvalue weighted by atomic mass is 32.2. The van der Waals surface area contributed by atoms with Crippen LogP contribution in [0.15, 0.2) is 36.9 Å². The van der Waals surface area contributed by atoms with Crippen molar-refractivity contribution in [2.24, 2.45) is 0 Å². The number of sulfonamides is 1. The molecule has 4 nitrogen and oxygen atoms in total. The Labute approximate surface area is 89.9 Å². The van der Waals surface area contributed by atoms with Gasteiger partial charge in [-0.25, -0.2) is 13.1 Å². The molecule has 0 aliphatic heterocycles. The average molecular weight is 226 g/mol. The molecule has 15 heavy (non-hydrogen) atoms. The third-order valence-corrected chi connectivity index (χ3v) is 3.04. The number of hydrogen-bond donors (Lipinski definition) is 2. The van der Waals surface area contributed by atoms with Crippen molar-refractivity contribution in [2.45, 2.75) is 6.54 Å². The molecule has 0 saturated carbocycles. The van der Waals surface area contributed by atoms with Gasteiger partial charge in [0.1, 0.15) is 0 Å². The van der Waals surface area contributed by atoms with Crippen LogP contribution in [0, 0.1) is 0 Å². The molecule has 5 heteroatoms. The zero-order valence-corrected chi connectivity index (χ0v) is 9.13. The Kier molecular flexibility index (Phi) is 3.88. The van der Waals surface area contributed by atoms with Crippen LogP contribution < -0.4 is 10.5 Å². The van der Waals surface area contributed by atoms with Crippen molar-refractivity contribution >= 4 is 15.7 Å². The summed E-state index contributed by atoms with van der Waals surface area (Å²) < 4.78 is 25.0. The van der Waals surface area contributed by atoms with E-state index in [1.165, 1.54) is 6.08 Å². The highest BCUT2D eigenvalue weighted by molar-refractivity contribution is 7.89. The van der Waals surface area contributed by atoms with Gasteiger partial charge in [-0.2, -0.15) is 0 Å².